The minimum atomic E-state index is -0.191. The molecule has 0 aliphatic rings. The smallest absolute Gasteiger partial charge is 0.263 e. The number of carbonyl (C=O) groups is 1. The van der Waals surface area contributed by atoms with Crippen LogP contribution in [0.5, 0.6) is 0 Å². The van der Waals surface area contributed by atoms with Gasteiger partial charge in [0.2, 0.25) is 0 Å². The van der Waals surface area contributed by atoms with Crippen molar-refractivity contribution in [3.05, 3.63) is 112 Å². The molecule has 5 aromatic rings. The van der Waals surface area contributed by atoms with Crippen LogP contribution in [0, 0.1) is 0 Å². The summed E-state index contributed by atoms with van der Waals surface area (Å²) in [6.07, 6.45) is 1.48. The van der Waals surface area contributed by atoms with Gasteiger partial charge in [0.1, 0.15) is 4.83 Å². The first-order chi connectivity index (χ1) is 16.5. The number of carbonyl (C=O) groups excluding carboxylic acids is 1. The normalized spacial score (nSPS) is 11.3. The van der Waals surface area contributed by atoms with Gasteiger partial charge in [-0.15, -0.1) is 11.3 Å². The van der Waals surface area contributed by atoms with E-state index in [2.05, 4.69) is 31.0 Å². The largest absolute Gasteiger partial charge is 0.292 e. The molecule has 0 bridgehead atoms. The fourth-order valence-corrected chi connectivity index (χ4v) is 4.97. The van der Waals surface area contributed by atoms with E-state index in [0.29, 0.717) is 21.7 Å². The summed E-state index contributed by atoms with van der Waals surface area (Å²) in [6, 6.07) is 25.8. The number of hydrogen-bond acceptors (Lipinski definition) is 4. The lowest BCUT2D eigenvalue weighted by Gasteiger charge is -2.08. The van der Waals surface area contributed by atoms with Gasteiger partial charge in [0.25, 0.3) is 5.56 Å². The lowest BCUT2D eigenvalue weighted by Crippen LogP contribution is -2.24. The van der Waals surface area contributed by atoms with Gasteiger partial charge in [0.15, 0.2) is 5.78 Å². The summed E-state index contributed by atoms with van der Waals surface area (Å²) in [4.78, 5) is 31.4. The van der Waals surface area contributed by atoms with Crippen molar-refractivity contribution in [1.82, 2.24) is 9.55 Å². The minimum Gasteiger partial charge on any atom is -0.292 e. The highest BCUT2D eigenvalue weighted by molar-refractivity contribution is 7.17. The van der Waals surface area contributed by atoms with Crippen LogP contribution < -0.4 is 5.56 Å². The second-order valence-electron chi connectivity index (χ2n) is 8.65. The number of nitrogens with zero attached hydrogens (tertiary/aromatic N) is 2. The van der Waals surface area contributed by atoms with Crippen LogP contribution in [0.15, 0.2) is 95.4 Å². The third-order valence-corrected chi connectivity index (χ3v) is 6.96. The Balaban J connectivity index is 1.43. The Morgan fingerprint density at radius 3 is 2.21 bits per heavy atom. The van der Waals surface area contributed by atoms with E-state index in [0.717, 1.165) is 22.3 Å². The first-order valence-corrected chi connectivity index (χ1v) is 12.1. The quantitative estimate of drug-likeness (QED) is 0.260. The summed E-state index contributed by atoms with van der Waals surface area (Å²) in [5.74, 6) is 0.320. The Labute approximate surface area is 202 Å². The molecule has 0 unspecified atom stereocenters. The summed E-state index contributed by atoms with van der Waals surface area (Å²) in [5.41, 5.74) is 5.62. The van der Waals surface area contributed by atoms with E-state index in [4.69, 9.17) is 0 Å². The van der Waals surface area contributed by atoms with Gasteiger partial charge in [-0.1, -0.05) is 92.7 Å². The Hall–Kier alpha value is -3.83. The molecule has 0 aliphatic carbocycles. The summed E-state index contributed by atoms with van der Waals surface area (Å²) >= 11 is 1.45. The Bertz CT molecular complexity index is 1510. The maximum atomic E-state index is 13.3. The SMILES string of the molecule is CC(C)c1ccc(-c2csc3ncn(CC(=O)c4ccc(-c5ccccc5)cc4)c(=O)c23)cc1. The van der Waals surface area contributed by atoms with Gasteiger partial charge < -0.3 is 0 Å². The maximum Gasteiger partial charge on any atom is 0.263 e. The Morgan fingerprint density at radius 2 is 1.53 bits per heavy atom. The van der Waals surface area contributed by atoms with Crippen LogP contribution in [0.4, 0.5) is 0 Å². The molecule has 0 atom stereocenters. The molecule has 5 rings (SSSR count). The van der Waals surface area contributed by atoms with Crippen LogP contribution in [-0.4, -0.2) is 15.3 Å². The highest BCUT2D eigenvalue weighted by Crippen LogP contribution is 2.31. The average Bonchev–Trinajstić information content (AvgIpc) is 3.31. The Kier molecular flexibility index (Phi) is 5.95. The molecule has 0 saturated carbocycles. The number of aromatic nitrogens is 2. The van der Waals surface area contributed by atoms with E-state index >= 15 is 0 Å². The zero-order chi connectivity index (χ0) is 23.7. The van der Waals surface area contributed by atoms with Gasteiger partial charge >= 0.3 is 0 Å². The summed E-state index contributed by atoms with van der Waals surface area (Å²) in [6.45, 7) is 4.27. The molecule has 0 N–H and O–H groups in total. The van der Waals surface area contributed by atoms with Crippen LogP contribution >= 0.6 is 11.3 Å². The lowest BCUT2D eigenvalue weighted by molar-refractivity contribution is 0.0970. The predicted molar refractivity (Wildman–Crippen MR) is 140 cm³/mol. The highest BCUT2D eigenvalue weighted by Gasteiger charge is 2.16. The minimum absolute atomic E-state index is 0.0476. The standard InChI is InChI=1S/C29H24N2O2S/c1-19(2)20-8-12-23(13-9-20)25-17-34-28-27(25)29(33)31(18-30-28)16-26(32)24-14-10-22(11-15-24)21-6-4-3-5-7-21/h3-15,17-19H,16H2,1-2H3. The molecule has 3 aromatic carbocycles. The zero-order valence-electron chi connectivity index (χ0n) is 19.1. The van der Waals surface area contributed by atoms with Crippen LogP contribution in [0.3, 0.4) is 0 Å². The molecule has 2 aromatic heterocycles. The zero-order valence-corrected chi connectivity index (χ0v) is 19.9. The first kappa shape index (κ1) is 22.0. The van der Waals surface area contributed by atoms with Gasteiger partial charge in [-0.25, -0.2) is 4.98 Å². The topological polar surface area (TPSA) is 52.0 Å². The van der Waals surface area contributed by atoms with Crippen LogP contribution in [0.2, 0.25) is 0 Å². The van der Waals surface area contributed by atoms with Crippen LogP contribution in [-0.2, 0) is 6.54 Å². The van der Waals surface area contributed by atoms with Crippen molar-refractivity contribution < 1.29 is 4.79 Å². The Morgan fingerprint density at radius 1 is 0.882 bits per heavy atom. The number of rotatable bonds is 6. The second-order valence-corrected chi connectivity index (χ2v) is 9.51. The van der Waals surface area contributed by atoms with Gasteiger partial charge in [0, 0.05) is 16.5 Å². The van der Waals surface area contributed by atoms with Crippen molar-refractivity contribution in [3.8, 4) is 22.3 Å². The van der Waals surface area contributed by atoms with Crippen molar-refractivity contribution in [1.29, 1.82) is 0 Å². The predicted octanol–water partition coefficient (Wildman–Crippen LogP) is 6.80. The number of fused-ring (bicyclic) bond motifs is 1. The highest BCUT2D eigenvalue weighted by atomic mass is 32.1. The second kappa shape index (κ2) is 9.20. The summed E-state index contributed by atoms with van der Waals surface area (Å²) < 4.78 is 1.41. The van der Waals surface area contributed by atoms with Gasteiger partial charge in [-0.05, 0) is 28.2 Å². The van der Waals surface area contributed by atoms with Crippen molar-refractivity contribution in [2.45, 2.75) is 26.3 Å². The van der Waals surface area contributed by atoms with E-state index in [1.165, 1.54) is 27.8 Å². The van der Waals surface area contributed by atoms with Gasteiger partial charge in [-0.3, -0.25) is 14.2 Å². The van der Waals surface area contributed by atoms with Crippen molar-refractivity contribution >= 4 is 27.3 Å². The molecule has 0 spiro atoms. The first-order valence-electron chi connectivity index (χ1n) is 11.3. The van der Waals surface area contributed by atoms with E-state index < -0.39 is 0 Å². The number of thiophene rings is 1. The van der Waals surface area contributed by atoms with Crippen molar-refractivity contribution in [2.75, 3.05) is 0 Å². The van der Waals surface area contributed by atoms with Crippen molar-refractivity contribution in [3.63, 3.8) is 0 Å². The molecule has 34 heavy (non-hydrogen) atoms. The summed E-state index contributed by atoms with van der Waals surface area (Å²) in [5, 5.41) is 2.54. The molecular formula is C29H24N2O2S. The maximum absolute atomic E-state index is 13.3. The van der Waals surface area contributed by atoms with Gasteiger partial charge in [-0.2, -0.15) is 0 Å². The fraction of sp³-hybridized carbons (Fsp3) is 0.138. The molecule has 0 radical (unpaired) electrons. The summed E-state index contributed by atoms with van der Waals surface area (Å²) in [7, 11) is 0. The third kappa shape index (κ3) is 4.22. The number of hydrogen-bond donors (Lipinski definition) is 0. The lowest BCUT2D eigenvalue weighted by atomic mass is 9.99. The van der Waals surface area contributed by atoms with E-state index in [1.54, 1.807) is 0 Å². The van der Waals surface area contributed by atoms with Crippen LogP contribution in [0.1, 0.15) is 35.7 Å². The van der Waals surface area contributed by atoms with Crippen molar-refractivity contribution in [2.24, 2.45) is 0 Å². The molecule has 4 nitrogen and oxygen atoms in total. The molecule has 0 saturated heterocycles. The van der Waals surface area contributed by atoms with E-state index in [-0.39, 0.29) is 17.9 Å². The number of ketones is 1. The fourth-order valence-electron chi connectivity index (χ4n) is 4.07. The monoisotopic (exact) mass is 464 g/mol. The van der Waals surface area contributed by atoms with E-state index in [1.807, 2.05) is 72.1 Å². The molecular weight excluding hydrogens is 440 g/mol. The average molecular weight is 465 g/mol. The van der Waals surface area contributed by atoms with Gasteiger partial charge in [0.05, 0.1) is 18.3 Å². The third-order valence-electron chi connectivity index (χ3n) is 6.08. The molecule has 0 aliphatic heterocycles. The van der Waals surface area contributed by atoms with E-state index in [9.17, 15) is 9.59 Å². The molecule has 2 heterocycles. The number of Topliss-reactive ketones (excluding diaryl/α,β-unsaturated/α-hetero) is 1. The molecule has 168 valence electrons. The molecule has 0 fully saturated rings. The molecule has 0 amide bonds. The molecule has 5 heteroatoms. The van der Waals surface area contributed by atoms with Crippen LogP contribution in [0.25, 0.3) is 32.5 Å². The number of benzene rings is 3.